The predicted octanol–water partition coefficient (Wildman–Crippen LogP) is 3.57. The molecule has 1 aromatic carbocycles. The first-order valence-corrected chi connectivity index (χ1v) is 11.1. The van der Waals surface area contributed by atoms with Crippen LogP contribution in [0.3, 0.4) is 0 Å². The van der Waals surface area contributed by atoms with Crippen LogP contribution in [0.4, 0.5) is 15.9 Å². The molecule has 0 radical (unpaired) electrons. The van der Waals surface area contributed by atoms with Crippen molar-refractivity contribution in [3.8, 4) is 0 Å². The van der Waals surface area contributed by atoms with Crippen LogP contribution >= 0.6 is 0 Å². The van der Waals surface area contributed by atoms with Crippen molar-refractivity contribution in [1.82, 2.24) is 19.5 Å². The Morgan fingerprint density at radius 2 is 1.90 bits per heavy atom. The molecule has 4 heterocycles. The number of halogens is 1. The Labute approximate surface area is 180 Å². The van der Waals surface area contributed by atoms with Gasteiger partial charge in [-0.05, 0) is 37.8 Å². The van der Waals surface area contributed by atoms with Crippen molar-refractivity contribution >= 4 is 28.6 Å². The Kier molecular flexibility index (Phi) is 5.29. The number of carbonyl (C=O) groups is 1. The molecule has 2 aromatic heterocycles. The number of anilines is 2. The molecular weight excluding hydrogens is 395 g/mol. The maximum Gasteiger partial charge on any atom is 0.230 e. The third-order valence-electron chi connectivity index (χ3n) is 6.56. The van der Waals surface area contributed by atoms with E-state index in [1.165, 1.54) is 17.4 Å². The maximum atomic E-state index is 14.1. The quantitative estimate of drug-likeness (QED) is 0.646. The molecule has 0 saturated carbocycles. The van der Waals surface area contributed by atoms with Crippen molar-refractivity contribution in [2.75, 3.05) is 29.9 Å². The molecule has 1 amide bonds. The van der Waals surface area contributed by atoms with E-state index in [-0.39, 0.29) is 17.6 Å². The van der Waals surface area contributed by atoms with Crippen molar-refractivity contribution < 1.29 is 9.18 Å². The van der Waals surface area contributed by atoms with Gasteiger partial charge in [-0.2, -0.15) is 0 Å². The summed E-state index contributed by atoms with van der Waals surface area (Å²) in [6.45, 7) is 2.40. The topological polar surface area (TPSA) is 67.2 Å². The van der Waals surface area contributed by atoms with E-state index >= 15 is 0 Å². The lowest BCUT2D eigenvalue weighted by Crippen LogP contribution is -2.42. The van der Waals surface area contributed by atoms with Crippen LogP contribution in [0, 0.1) is 11.7 Å². The molecule has 0 spiro atoms. The Morgan fingerprint density at radius 1 is 1.10 bits per heavy atom. The number of aryl methyl sites for hydroxylation is 2. The summed E-state index contributed by atoms with van der Waals surface area (Å²) in [7, 11) is 1.65. The summed E-state index contributed by atoms with van der Waals surface area (Å²) < 4.78 is 16.3. The minimum atomic E-state index is -0.376. The Balaban J connectivity index is 1.32. The van der Waals surface area contributed by atoms with E-state index in [4.69, 9.17) is 4.98 Å². The first-order valence-electron chi connectivity index (χ1n) is 11.1. The Bertz CT molecular complexity index is 1100. The zero-order valence-corrected chi connectivity index (χ0v) is 17.8. The lowest BCUT2D eigenvalue weighted by molar-refractivity contribution is -0.122. The standard InChI is InChI=1S/C23H27FN6O/c1-28(18-8-5-4-7-17(18)24)23(31)16-10-13-29(14-11-16)21-20-22(26-15-25-21)30-12-6-2-3-9-19(30)27-20/h4-5,7-8,15-16H,2-3,6,9-14H2,1H3. The summed E-state index contributed by atoms with van der Waals surface area (Å²) in [5, 5.41) is 0. The van der Waals surface area contributed by atoms with E-state index in [9.17, 15) is 9.18 Å². The minimum Gasteiger partial charge on any atom is -0.355 e. The van der Waals surface area contributed by atoms with Crippen molar-refractivity contribution in [2.45, 2.75) is 45.1 Å². The van der Waals surface area contributed by atoms with Gasteiger partial charge in [0.1, 0.15) is 18.0 Å². The second kappa shape index (κ2) is 8.24. The van der Waals surface area contributed by atoms with Gasteiger partial charge in [-0.1, -0.05) is 18.6 Å². The van der Waals surface area contributed by atoms with Gasteiger partial charge < -0.3 is 14.4 Å². The molecular formula is C23H27FN6O. The van der Waals surface area contributed by atoms with Crippen molar-refractivity contribution in [2.24, 2.45) is 5.92 Å². The van der Waals surface area contributed by atoms with Crippen LogP contribution in [0.2, 0.25) is 0 Å². The van der Waals surface area contributed by atoms with Crippen LogP contribution in [0.5, 0.6) is 0 Å². The summed E-state index contributed by atoms with van der Waals surface area (Å²) in [6, 6.07) is 6.41. The van der Waals surface area contributed by atoms with E-state index in [2.05, 4.69) is 19.4 Å². The normalized spacial score (nSPS) is 17.4. The molecule has 7 nitrogen and oxygen atoms in total. The lowest BCUT2D eigenvalue weighted by Gasteiger charge is -2.33. The summed E-state index contributed by atoms with van der Waals surface area (Å²) in [5.74, 6) is 1.42. The number of para-hydroxylation sites is 1. The van der Waals surface area contributed by atoms with Gasteiger partial charge in [0.2, 0.25) is 5.91 Å². The molecule has 0 N–H and O–H groups in total. The molecule has 162 valence electrons. The number of imidazole rings is 1. The number of nitrogens with zero attached hydrogens (tertiary/aromatic N) is 6. The van der Waals surface area contributed by atoms with Gasteiger partial charge in [-0.3, -0.25) is 4.79 Å². The zero-order valence-electron chi connectivity index (χ0n) is 17.8. The van der Waals surface area contributed by atoms with Crippen molar-refractivity contribution in [1.29, 1.82) is 0 Å². The van der Waals surface area contributed by atoms with Gasteiger partial charge in [0, 0.05) is 39.0 Å². The number of benzene rings is 1. The summed E-state index contributed by atoms with van der Waals surface area (Å²) in [6.07, 6.45) is 7.56. The Morgan fingerprint density at radius 3 is 2.71 bits per heavy atom. The van der Waals surface area contributed by atoms with Gasteiger partial charge in [-0.15, -0.1) is 0 Å². The first-order chi connectivity index (χ1) is 15.1. The van der Waals surface area contributed by atoms with Gasteiger partial charge in [0.15, 0.2) is 17.0 Å². The molecule has 0 bridgehead atoms. The van der Waals surface area contributed by atoms with E-state index in [1.54, 1.807) is 31.6 Å². The third-order valence-corrected chi connectivity index (χ3v) is 6.56. The van der Waals surface area contributed by atoms with Crippen LogP contribution in [0.15, 0.2) is 30.6 Å². The molecule has 2 aliphatic rings. The highest BCUT2D eigenvalue weighted by molar-refractivity contribution is 5.95. The minimum absolute atomic E-state index is 0.0358. The first kappa shape index (κ1) is 19.9. The number of carbonyl (C=O) groups excluding carboxylic acids is 1. The predicted molar refractivity (Wildman–Crippen MR) is 118 cm³/mol. The maximum absolute atomic E-state index is 14.1. The second-order valence-electron chi connectivity index (χ2n) is 8.47. The van der Waals surface area contributed by atoms with Gasteiger partial charge in [-0.25, -0.2) is 19.3 Å². The molecule has 8 heteroatoms. The highest BCUT2D eigenvalue weighted by atomic mass is 19.1. The second-order valence-corrected chi connectivity index (χ2v) is 8.47. The van der Waals surface area contributed by atoms with Gasteiger partial charge >= 0.3 is 0 Å². The summed E-state index contributed by atoms with van der Waals surface area (Å²) in [4.78, 5) is 30.6. The molecule has 31 heavy (non-hydrogen) atoms. The number of rotatable bonds is 3. The molecule has 1 fully saturated rings. The fourth-order valence-corrected chi connectivity index (χ4v) is 4.81. The van der Waals surface area contributed by atoms with Crippen LogP contribution in [-0.4, -0.2) is 45.6 Å². The summed E-state index contributed by atoms with van der Waals surface area (Å²) >= 11 is 0. The molecule has 0 atom stereocenters. The SMILES string of the molecule is CN(C(=O)C1CCN(c2ncnc3c2nc2n3CCCCC2)CC1)c1ccccc1F. The molecule has 0 unspecified atom stereocenters. The van der Waals surface area contributed by atoms with Crippen molar-refractivity contribution in [3.05, 3.63) is 42.2 Å². The number of amides is 1. The van der Waals surface area contributed by atoms with Gasteiger partial charge in [0.25, 0.3) is 0 Å². The highest BCUT2D eigenvalue weighted by Gasteiger charge is 2.30. The van der Waals surface area contributed by atoms with Crippen molar-refractivity contribution in [3.63, 3.8) is 0 Å². The number of piperidine rings is 1. The molecule has 3 aromatic rings. The fourth-order valence-electron chi connectivity index (χ4n) is 4.81. The average molecular weight is 423 g/mol. The number of hydrogen-bond donors (Lipinski definition) is 0. The number of fused-ring (bicyclic) bond motifs is 3. The largest absolute Gasteiger partial charge is 0.355 e. The van der Waals surface area contributed by atoms with Crippen LogP contribution in [0.1, 0.15) is 37.9 Å². The molecule has 5 rings (SSSR count). The van der Waals surface area contributed by atoms with E-state index in [0.29, 0.717) is 18.5 Å². The van der Waals surface area contributed by atoms with E-state index in [0.717, 1.165) is 61.7 Å². The summed E-state index contributed by atoms with van der Waals surface area (Å²) in [5.41, 5.74) is 2.11. The molecule has 2 aliphatic heterocycles. The van der Waals surface area contributed by atoms with Crippen LogP contribution in [-0.2, 0) is 17.8 Å². The average Bonchev–Trinajstić information content (AvgIpc) is 2.99. The number of aromatic nitrogens is 4. The fraction of sp³-hybridized carbons (Fsp3) is 0.478. The number of hydrogen-bond acceptors (Lipinski definition) is 5. The molecule has 1 saturated heterocycles. The Hall–Kier alpha value is -3.03. The van der Waals surface area contributed by atoms with Crippen LogP contribution in [0.25, 0.3) is 11.2 Å². The van der Waals surface area contributed by atoms with Crippen LogP contribution < -0.4 is 9.80 Å². The third kappa shape index (κ3) is 3.64. The highest BCUT2D eigenvalue weighted by Crippen LogP contribution is 2.30. The van der Waals surface area contributed by atoms with E-state index < -0.39 is 0 Å². The van der Waals surface area contributed by atoms with Gasteiger partial charge in [0.05, 0.1) is 5.69 Å². The van der Waals surface area contributed by atoms with E-state index in [1.807, 2.05) is 0 Å². The monoisotopic (exact) mass is 422 g/mol. The lowest BCUT2D eigenvalue weighted by atomic mass is 9.95. The zero-order chi connectivity index (χ0) is 21.4. The smallest absolute Gasteiger partial charge is 0.230 e. The molecule has 0 aliphatic carbocycles.